The van der Waals surface area contributed by atoms with Crippen molar-refractivity contribution >= 4 is 29.1 Å². The number of ether oxygens (including phenoxy) is 1. The highest BCUT2D eigenvalue weighted by molar-refractivity contribution is 6.42. The van der Waals surface area contributed by atoms with Crippen molar-refractivity contribution in [3.05, 3.63) is 69.7 Å². The molecule has 132 valence electrons. The van der Waals surface area contributed by atoms with Gasteiger partial charge in [-0.05, 0) is 42.7 Å². The molecule has 3 rings (SSSR count). The molecule has 1 fully saturated rings. The van der Waals surface area contributed by atoms with Crippen LogP contribution in [0.1, 0.15) is 41.1 Å². The molecule has 0 spiro atoms. The molecule has 0 saturated carbocycles. The van der Waals surface area contributed by atoms with Gasteiger partial charge in [0.25, 0.3) is 5.91 Å². The average molecular weight is 378 g/mol. The second-order valence-electron chi connectivity index (χ2n) is 6.26. The average Bonchev–Trinajstić information content (AvgIpc) is 2.88. The standard InChI is InChI=1S/C20H21Cl2NO2/c21-17-10-9-15(12-18(17)22)16-8-4-5-11-25-19(16)13-23-20(24)14-6-2-1-3-7-14/h1-3,6-7,9-10,12,16,19H,4-5,8,11,13H2,(H,23,24)/t16?,19-/m1/s1. The minimum Gasteiger partial charge on any atom is -0.376 e. The summed E-state index contributed by atoms with van der Waals surface area (Å²) in [7, 11) is 0. The molecule has 3 nitrogen and oxygen atoms in total. The van der Waals surface area contributed by atoms with E-state index in [1.807, 2.05) is 36.4 Å². The molecule has 2 aromatic carbocycles. The van der Waals surface area contributed by atoms with E-state index in [2.05, 4.69) is 5.32 Å². The Bertz CT molecular complexity index is 721. The second-order valence-corrected chi connectivity index (χ2v) is 7.08. The molecule has 1 aliphatic heterocycles. The molecule has 1 unspecified atom stereocenters. The van der Waals surface area contributed by atoms with Crippen molar-refractivity contribution in [1.29, 1.82) is 0 Å². The van der Waals surface area contributed by atoms with Gasteiger partial charge in [0.2, 0.25) is 0 Å². The zero-order valence-electron chi connectivity index (χ0n) is 13.9. The molecule has 0 aromatic heterocycles. The number of hydrogen-bond acceptors (Lipinski definition) is 2. The molecule has 0 radical (unpaired) electrons. The summed E-state index contributed by atoms with van der Waals surface area (Å²) in [5.74, 6) is 0.106. The highest BCUT2D eigenvalue weighted by Gasteiger charge is 2.27. The van der Waals surface area contributed by atoms with Crippen LogP contribution in [0.25, 0.3) is 0 Å². The van der Waals surface area contributed by atoms with E-state index in [-0.39, 0.29) is 17.9 Å². The Morgan fingerprint density at radius 1 is 1.08 bits per heavy atom. The molecule has 25 heavy (non-hydrogen) atoms. The Morgan fingerprint density at radius 3 is 2.64 bits per heavy atom. The molecule has 0 aliphatic carbocycles. The lowest BCUT2D eigenvalue weighted by atomic mass is 9.89. The smallest absolute Gasteiger partial charge is 0.251 e. The van der Waals surface area contributed by atoms with Gasteiger partial charge in [0, 0.05) is 24.6 Å². The van der Waals surface area contributed by atoms with E-state index < -0.39 is 0 Å². The third-order valence-electron chi connectivity index (χ3n) is 4.56. The van der Waals surface area contributed by atoms with Crippen molar-refractivity contribution in [3.8, 4) is 0 Å². The molecule has 1 saturated heterocycles. The Hall–Kier alpha value is -1.55. The van der Waals surface area contributed by atoms with Crippen LogP contribution in [0.15, 0.2) is 48.5 Å². The number of amides is 1. The van der Waals surface area contributed by atoms with Gasteiger partial charge in [-0.1, -0.05) is 53.9 Å². The highest BCUT2D eigenvalue weighted by Crippen LogP contribution is 2.33. The van der Waals surface area contributed by atoms with Gasteiger partial charge in [-0.2, -0.15) is 0 Å². The second kappa shape index (κ2) is 8.70. The van der Waals surface area contributed by atoms with Crippen LogP contribution >= 0.6 is 23.2 Å². The molecule has 2 atom stereocenters. The molecule has 1 N–H and O–H groups in total. The van der Waals surface area contributed by atoms with E-state index in [4.69, 9.17) is 27.9 Å². The topological polar surface area (TPSA) is 38.3 Å². The van der Waals surface area contributed by atoms with Gasteiger partial charge in [-0.15, -0.1) is 0 Å². The van der Waals surface area contributed by atoms with Crippen molar-refractivity contribution in [2.24, 2.45) is 0 Å². The van der Waals surface area contributed by atoms with Gasteiger partial charge in [0.05, 0.1) is 16.1 Å². The van der Waals surface area contributed by atoms with Crippen LogP contribution in [0.4, 0.5) is 0 Å². The summed E-state index contributed by atoms with van der Waals surface area (Å²) in [6.45, 7) is 1.18. The number of carbonyl (C=O) groups excluding carboxylic acids is 1. The third-order valence-corrected chi connectivity index (χ3v) is 5.30. The van der Waals surface area contributed by atoms with Crippen LogP contribution in [0, 0.1) is 0 Å². The van der Waals surface area contributed by atoms with E-state index >= 15 is 0 Å². The lowest BCUT2D eigenvalue weighted by Gasteiger charge is -2.26. The lowest BCUT2D eigenvalue weighted by molar-refractivity contribution is 0.0444. The Balaban J connectivity index is 1.72. The first-order chi connectivity index (χ1) is 12.1. The summed E-state index contributed by atoms with van der Waals surface area (Å²) in [5, 5.41) is 4.10. The van der Waals surface area contributed by atoms with E-state index in [0.29, 0.717) is 28.8 Å². The highest BCUT2D eigenvalue weighted by atomic mass is 35.5. The largest absolute Gasteiger partial charge is 0.376 e. The first-order valence-corrected chi connectivity index (χ1v) is 9.30. The molecular weight excluding hydrogens is 357 g/mol. The predicted molar refractivity (Wildman–Crippen MR) is 102 cm³/mol. The van der Waals surface area contributed by atoms with Crippen LogP contribution in [0.2, 0.25) is 10.0 Å². The fourth-order valence-electron chi connectivity index (χ4n) is 3.21. The number of hydrogen-bond donors (Lipinski definition) is 1. The minimum absolute atomic E-state index is 0.0765. The van der Waals surface area contributed by atoms with Crippen LogP contribution in [-0.4, -0.2) is 25.2 Å². The lowest BCUT2D eigenvalue weighted by Crippen LogP contribution is -2.36. The summed E-state index contributed by atoms with van der Waals surface area (Å²) >= 11 is 12.2. The van der Waals surface area contributed by atoms with Crippen LogP contribution in [0.5, 0.6) is 0 Å². The number of benzene rings is 2. The summed E-state index contributed by atoms with van der Waals surface area (Å²) in [4.78, 5) is 12.3. The Morgan fingerprint density at radius 2 is 1.88 bits per heavy atom. The maximum Gasteiger partial charge on any atom is 0.251 e. The van der Waals surface area contributed by atoms with E-state index in [0.717, 1.165) is 24.8 Å². The van der Waals surface area contributed by atoms with Crippen molar-refractivity contribution in [2.75, 3.05) is 13.2 Å². The zero-order chi connectivity index (χ0) is 17.6. The fourth-order valence-corrected chi connectivity index (χ4v) is 3.52. The number of carbonyl (C=O) groups is 1. The van der Waals surface area contributed by atoms with Gasteiger partial charge >= 0.3 is 0 Å². The number of rotatable bonds is 4. The monoisotopic (exact) mass is 377 g/mol. The van der Waals surface area contributed by atoms with E-state index in [1.165, 1.54) is 0 Å². The predicted octanol–water partition coefficient (Wildman–Crippen LogP) is 5.08. The Labute approximate surface area is 158 Å². The van der Waals surface area contributed by atoms with Crippen molar-refractivity contribution in [2.45, 2.75) is 31.3 Å². The van der Waals surface area contributed by atoms with Gasteiger partial charge < -0.3 is 10.1 Å². The van der Waals surface area contributed by atoms with Crippen molar-refractivity contribution < 1.29 is 9.53 Å². The summed E-state index contributed by atoms with van der Waals surface area (Å²) in [6, 6.07) is 15.0. The summed E-state index contributed by atoms with van der Waals surface area (Å²) < 4.78 is 6.04. The summed E-state index contributed by atoms with van der Waals surface area (Å²) in [5.41, 5.74) is 1.76. The van der Waals surface area contributed by atoms with Crippen LogP contribution < -0.4 is 5.32 Å². The minimum atomic E-state index is -0.0821. The molecule has 0 bridgehead atoms. The molecule has 5 heteroatoms. The molecule has 2 aromatic rings. The Kier molecular flexibility index (Phi) is 6.35. The van der Waals surface area contributed by atoms with Crippen LogP contribution in [0.3, 0.4) is 0 Å². The van der Waals surface area contributed by atoms with Crippen molar-refractivity contribution in [1.82, 2.24) is 5.32 Å². The molecule has 1 amide bonds. The first-order valence-electron chi connectivity index (χ1n) is 8.55. The van der Waals surface area contributed by atoms with Gasteiger partial charge in [0.1, 0.15) is 0 Å². The molecule has 1 heterocycles. The number of nitrogens with one attached hydrogen (secondary N) is 1. The maximum absolute atomic E-state index is 12.3. The van der Waals surface area contributed by atoms with Gasteiger partial charge in [-0.25, -0.2) is 0 Å². The van der Waals surface area contributed by atoms with Crippen molar-refractivity contribution in [3.63, 3.8) is 0 Å². The third kappa shape index (κ3) is 4.75. The molecular formula is C20H21Cl2NO2. The normalized spacial score (nSPS) is 20.7. The van der Waals surface area contributed by atoms with Gasteiger partial charge in [-0.3, -0.25) is 4.79 Å². The summed E-state index contributed by atoms with van der Waals surface area (Å²) in [6.07, 6.45) is 3.05. The zero-order valence-corrected chi connectivity index (χ0v) is 15.4. The van der Waals surface area contributed by atoms with Crippen LogP contribution in [-0.2, 0) is 4.74 Å². The van der Waals surface area contributed by atoms with E-state index in [1.54, 1.807) is 12.1 Å². The molecule has 1 aliphatic rings. The SMILES string of the molecule is O=C(NC[C@H]1OCCCCC1c1ccc(Cl)c(Cl)c1)c1ccccc1. The fraction of sp³-hybridized carbons (Fsp3) is 0.350. The maximum atomic E-state index is 12.3. The van der Waals surface area contributed by atoms with Gasteiger partial charge in [0.15, 0.2) is 0 Å². The quantitative estimate of drug-likeness (QED) is 0.806. The van der Waals surface area contributed by atoms with E-state index in [9.17, 15) is 4.79 Å². The number of halogens is 2. The first kappa shape index (κ1) is 18.2.